The van der Waals surface area contributed by atoms with Crippen molar-refractivity contribution in [1.29, 1.82) is 0 Å². The number of anilines is 1. The molecule has 132 valence electrons. The Kier molecular flexibility index (Phi) is 6.31. The number of carbonyl (C=O) groups excluding carboxylic acids is 1. The van der Waals surface area contributed by atoms with Gasteiger partial charge in [0.15, 0.2) is 0 Å². The van der Waals surface area contributed by atoms with Crippen LogP contribution in [0.15, 0.2) is 54.6 Å². The van der Waals surface area contributed by atoms with Gasteiger partial charge >= 0.3 is 6.03 Å². The van der Waals surface area contributed by atoms with Gasteiger partial charge in [0.05, 0.1) is 0 Å². The Morgan fingerprint density at radius 3 is 2.80 bits per heavy atom. The zero-order chi connectivity index (χ0) is 17.5. The molecule has 1 aliphatic rings. The average Bonchev–Trinajstić information content (AvgIpc) is 2.61. The molecule has 2 aromatic rings. The quantitative estimate of drug-likeness (QED) is 0.755. The molecule has 0 aliphatic carbocycles. The van der Waals surface area contributed by atoms with Gasteiger partial charge in [-0.05, 0) is 55.5 Å². The van der Waals surface area contributed by atoms with Crippen LogP contribution in [0.4, 0.5) is 10.5 Å². The van der Waals surface area contributed by atoms with Crippen molar-refractivity contribution < 1.29 is 4.79 Å². The maximum absolute atomic E-state index is 12.0. The van der Waals surface area contributed by atoms with E-state index in [-0.39, 0.29) is 6.03 Å². The molecule has 0 unspecified atom stereocenters. The number of piperidine rings is 1. The van der Waals surface area contributed by atoms with Crippen molar-refractivity contribution in [2.75, 3.05) is 18.4 Å². The number of benzene rings is 2. The van der Waals surface area contributed by atoms with Gasteiger partial charge in [0.25, 0.3) is 0 Å². The number of urea groups is 1. The first-order chi connectivity index (χ1) is 12.2. The lowest BCUT2D eigenvalue weighted by atomic mass is 9.87. The van der Waals surface area contributed by atoms with Crippen molar-refractivity contribution in [3.8, 4) is 0 Å². The van der Waals surface area contributed by atoms with Gasteiger partial charge in [-0.1, -0.05) is 48.0 Å². The fraction of sp³-hybridized carbons (Fsp3) is 0.350. The standard InChI is InChI=1S/C20H24ClN3O/c21-17-7-4-8-18(13-17)24-20(25)23-14-19-12-16(9-10-22-19)11-15-5-2-1-3-6-15/h1-8,13,16,19,22H,9-12,14H2,(H2,23,24,25)/t16-,19-/m1/s1. The second-order valence-electron chi connectivity index (χ2n) is 6.58. The van der Waals surface area contributed by atoms with Gasteiger partial charge in [0, 0.05) is 23.3 Å². The number of rotatable bonds is 5. The van der Waals surface area contributed by atoms with Crippen molar-refractivity contribution in [2.45, 2.75) is 25.3 Å². The van der Waals surface area contributed by atoms with E-state index in [9.17, 15) is 4.79 Å². The Hall–Kier alpha value is -2.04. The van der Waals surface area contributed by atoms with Gasteiger partial charge in [-0.15, -0.1) is 0 Å². The molecule has 2 atom stereocenters. The zero-order valence-electron chi connectivity index (χ0n) is 14.2. The van der Waals surface area contributed by atoms with Gasteiger partial charge in [-0.2, -0.15) is 0 Å². The summed E-state index contributed by atoms with van der Waals surface area (Å²) in [6.45, 7) is 1.62. The first-order valence-electron chi connectivity index (χ1n) is 8.77. The summed E-state index contributed by atoms with van der Waals surface area (Å²) in [4.78, 5) is 12.0. The second kappa shape index (κ2) is 8.88. The minimum absolute atomic E-state index is 0.200. The summed E-state index contributed by atoms with van der Waals surface area (Å²) in [6, 6.07) is 17.9. The third kappa shape index (κ3) is 5.76. The SMILES string of the molecule is O=C(NC[C@H]1C[C@@H](Cc2ccccc2)CCN1)Nc1cccc(Cl)c1. The molecule has 25 heavy (non-hydrogen) atoms. The molecular weight excluding hydrogens is 334 g/mol. The van der Waals surface area contributed by atoms with Crippen molar-refractivity contribution >= 4 is 23.3 Å². The van der Waals surface area contributed by atoms with Gasteiger partial charge in [-0.3, -0.25) is 0 Å². The maximum atomic E-state index is 12.0. The minimum Gasteiger partial charge on any atom is -0.336 e. The van der Waals surface area contributed by atoms with Crippen molar-refractivity contribution in [3.63, 3.8) is 0 Å². The van der Waals surface area contributed by atoms with E-state index in [1.807, 2.05) is 12.1 Å². The Morgan fingerprint density at radius 1 is 1.16 bits per heavy atom. The molecule has 4 nitrogen and oxygen atoms in total. The molecule has 0 spiro atoms. The first-order valence-corrected chi connectivity index (χ1v) is 9.14. The predicted molar refractivity (Wildman–Crippen MR) is 103 cm³/mol. The normalized spacial score (nSPS) is 20.0. The monoisotopic (exact) mass is 357 g/mol. The molecule has 3 rings (SSSR count). The zero-order valence-corrected chi connectivity index (χ0v) is 14.9. The molecule has 1 aliphatic heterocycles. The third-order valence-electron chi connectivity index (χ3n) is 4.56. The highest BCUT2D eigenvalue weighted by molar-refractivity contribution is 6.30. The average molecular weight is 358 g/mol. The van der Waals surface area contributed by atoms with Crippen LogP contribution in [0.3, 0.4) is 0 Å². The first kappa shape index (κ1) is 17.8. The molecule has 2 amide bonds. The van der Waals surface area contributed by atoms with E-state index in [0.717, 1.165) is 19.4 Å². The van der Waals surface area contributed by atoms with E-state index in [4.69, 9.17) is 11.6 Å². The fourth-order valence-electron chi connectivity index (χ4n) is 3.34. The number of amides is 2. The third-order valence-corrected chi connectivity index (χ3v) is 4.80. The van der Waals surface area contributed by atoms with Crippen LogP contribution >= 0.6 is 11.6 Å². The highest BCUT2D eigenvalue weighted by Gasteiger charge is 2.22. The van der Waals surface area contributed by atoms with Crippen LogP contribution in [-0.4, -0.2) is 25.2 Å². The number of hydrogen-bond donors (Lipinski definition) is 3. The smallest absolute Gasteiger partial charge is 0.319 e. The number of halogens is 1. The highest BCUT2D eigenvalue weighted by atomic mass is 35.5. The number of carbonyl (C=O) groups is 1. The second-order valence-corrected chi connectivity index (χ2v) is 7.01. The molecule has 2 aromatic carbocycles. The highest BCUT2D eigenvalue weighted by Crippen LogP contribution is 2.21. The Morgan fingerprint density at radius 2 is 2.00 bits per heavy atom. The molecule has 0 saturated carbocycles. The van der Waals surface area contributed by atoms with Crippen LogP contribution in [0.25, 0.3) is 0 Å². The summed E-state index contributed by atoms with van der Waals surface area (Å²) in [6.07, 6.45) is 3.36. The number of nitrogens with one attached hydrogen (secondary N) is 3. The van der Waals surface area contributed by atoms with Gasteiger partial charge in [0.1, 0.15) is 0 Å². The van der Waals surface area contributed by atoms with E-state index in [1.54, 1.807) is 12.1 Å². The molecule has 3 N–H and O–H groups in total. The van der Waals surface area contributed by atoms with E-state index in [2.05, 4.69) is 46.3 Å². The molecule has 5 heteroatoms. The fourth-order valence-corrected chi connectivity index (χ4v) is 3.53. The molecular formula is C20H24ClN3O. The van der Waals surface area contributed by atoms with Crippen LogP contribution < -0.4 is 16.0 Å². The lowest BCUT2D eigenvalue weighted by molar-refractivity contribution is 0.246. The van der Waals surface area contributed by atoms with Crippen molar-refractivity contribution in [1.82, 2.24) is 10.6 Å². The summed E-state index contributed by atoms with van der Waals surface area (Å²) in [7, 11) is 0. The van der Waals surface area contributed by atoms with E-state index in [0.29, 0.717) is 29.2 Å². The summed E-state index contributed by atoms with van der Waals surface area (Å²) in [5.74, 6) is 0.659. The summed E-state index contributed by atoms with van der Waals surface area (Å²) < 4.78 is 0. The Bertz CT molecular complexity index is 692. The van der Waals surface area contributed by atoms with Crippen molar-refractivity contribution in [2.24, 2.45) is 5.92 Å². The van der Waals surface area contributed by atoms with E-state index in [1.165, 1.54) is 12.0 Å². The molecule has 1 heterocycles. The molecule has 0 radical (unpaired) electrons. The molecule has 0 aromatic heterocycles. The largest absolute Gasteiger partial charge is 0.336 e. The predicted octanol–water partition coefficient (Wildman–Crippen LogP) is 4.07. The summed E-state index contributed by atoms with van der Waals surface area (Å²) in [5.41, 5.74) is 2.09. The van der Waals surface area contributed by atoms with Gasteiger partial charge in [-0.25, -0.2) is 4.79 Å². The lowest BCUT2D eigenvalue weighted by Gasteiger charge is -2.30. The van der Waals surface area contributed by atoms with E-state index >= 15 is 0 Å². The summed E-state index contributed by atoms with van der Waals surface area (Å²) in [5, 5.41) is 9.87. The van der Waals surface area contributed by atoms with Crippen LogP contribution in [0.1, 0.15) is 18.4 Å². The summed E-state index contributed by atoms with van der Waals surface area (Å²) >= 11 is 5.93. The lowest BCUT2D eigenvalue weighted by Crippen LogP contribution is -2.47. The van der Waals surface area contributed by atoms with Crippen LogP contribution in [0, 0.1) is 5.92 Å². The minimum atomic E-state index is -0.200. The van der Waals surface area contributed by atoms with Crippen molar-refractivity contribution in [3.05, 3.63) is 65.2 Å². The van der Waals surface area contributed by atoms with Crippen LogP contribution in [0.2, 0.25) is 5.02 Å². The van der Waals surface area contributed by atoms with Gasteiger partial charge < -0.3 is 16.0 Å². The van der Waals surface area contributed by atoms with Gasteiger partial charge in [0.2, 0.25) is 0 Å². The Labute approximate surface area is 154 Å². The maximum Gasteiger partial charge on any atom is 0.319 e. The Balaban J connectivity index is 1.44. The van der Waals surface area contributed by atoms with Crippen LogP contribution in [0.5, 0.6) is 0 Å². The number of hydrogen-bond acceptors (Lipinski definition) is 2. The topological polar surface area (TPSA) is 53.2 Å². The van der Waals surface area contributed by atoms with Crippen LogP contribution in [-0.2, 0) is 6.42 Å². The molecule has 1 saturated heterocycles. The van der Waals surface area contributed by atoms with E-state index < -0.39 is 0 Å². The molecule has 0 bridgehead atoms. The molecule has 1 fully saturated rings.